The lowest BCUT2D eigenvalue weighted by Gasteiger charge is -2.37. The number of carbonyl (C=O) groups is 5. The number of amides is 4. The number of carbonyl (C=O) groups excluding carboxylic acids is 4. The van der Waals surface area contributed by atoms with Gasteiger partial charge in [0.1, 0.15) is 23.7 Å². The molecule has 272 valence electrons. The predicted octanol–water partition coefficient (Wildman–Crippen LogP) is 4.85. The summed E-state index contributed by atoms with van der Waals surface area (Å²) in [6.45, 7) is 12.5. The molecule has 50 heavy (non-hydrogen) atoms. The Bertz CT molecular complexity index is 1560. The van der Waals surface area contributed by atoms with Gasteiger partial charge in [-0.2, -0.15) is 0 Å². The fourth-order valence-electron chi connectivity index (χ4n) is 6.28. The smallest absolute Gasteiger partial charge is 0.410 e. The van der Waals surface area contributed by atoms with Crippen LogP contribution in [0.4, 0.5) is 4.79 Å². The lowest BCUT2D eigenvalue weighted by atomic mass is 9.85. The van der Waals surface area contributed by atoms with Gasteiger partial charge in [-0.05, 0) is 81.2 Å². The van der Waals surface area contributed by atoms with Crippen molar-refractivity contribution in [3.05, 3.63) is 70.8 Å². The molecule has 1 aliphatic heterocycles. The first-order valence-electron chi connectivity index (χ1n) is 17.2. The second kappa shape index (κ2) is 15.6. The largest absolute Gasteiger partial charge is 0.478 e. The monoisotopic (exact) mass is 692 g/mol. The molecule has 3 N–H and O–H groups in total. The number of likely N-dealkylation sites (tertiary alicyclic amines) is 1. The van der Waals surface area contributed by atoms with Crippen molar-refractivity contribution < 1.29 is 38.6 Å². The Morgan fingerprint density at radius 2 is 1.66 bits per heavy atom. The first-order valence-corrected chi connectivity index (χ1v) is 17.2. The third-order valence-corrected chi connectivity index (χ3v) is 9.26. The summed E-state index contributed by atoms with van der Waals surface area (Å²) in [5.41, 5.74) is 1.67. The summed E-state index contributed by atoms with van der Waals surface area (Å²) in [5, 5.41) is 15.3. The molecule has 0 spiro atoms. The third-order valence-electron chi connectivity index (χ3n) is 9.26. The molecule has 4 amide bonds. The van der Waals surface area contributed by atoms with Gasteiger partial charge in [0.15, 0.2) is 0 Å². The third kappa shape index (κ3) is 9.62. The van der Waals surface area contributed by atoms with E-state index in [4.69, 9.17) is 9.47 Å². The SMILES string of the molecule is CC(C(=O)NC(C(=O)N1CC(OCc2ccc(C(=O)O)cc2)CC1C(=O)NC1CCCc2ccccc21)C(C)(C)C)N(C)C(=O)OC(C)(C)C. The second-order valence-electron chi connectivity index (χ2n) is 15.4. The Morgan fingerprint density at radius 3 is 2.28 bits per heavy atom. The molecule has 1 saturated heterocycles. The number of hydrogen-bond donors (Lipinski definition) is 3. The van der Waals surface area contributed by atoms with Gasteiger partial charge in [-0.25, -0.2) is 9.59 Å². The second-order valence-corrected chi connectivity index (χ2v) is 15.4. The molecule has 0 saturated carbocycles. The first-order chi connectivity index (χ1) is 23.4. The average Bonchev–Trinajstić information content (AvgIpc) is 3.49. The van der Waals surface area contributed by atoms with Crippen molar-refractivity contribution >= 4 is 29.8 Å². The van der Waals surface area contributed by atoms with Gasteiger partial charge in [-0.15, -0.1) is 0 Å². The number of carboxylic acids is 1. The average molecular weight is 693 g/mol. The van der Waals surface area contributed by atoms with Gasteiger partial charge in [-0.3, -0.25) is 19.3 Å². The number of nitrogens with zero attached hydrogens (tertiary/aromatic N) is 2. The van der Waals surface area contributed by atoms with Crippen LogP contribution in [0, 0.1) is 5.41 Å². The maximum absolute atomic E-state index is 14.5. The van der Waals surface area contributed by atoms with Crippen LogP contribution in [0.3, 0.4) is 0 Å². The van der Waals surface area contributed by atoms with Crippen LogP contribution in [0.1, 0.15) is 101 Å². The Hall–Kier alpha value is -4.45. The summed E-state index contributed by atoms with van der Waals surface area (Å²) in [5.74, 6) is -2.29. The number of aryl methyl sites for hydroxylation is 1. The van der Waals surface area contributed by atoms with Gasteiger partial charge in [-0.1, -0.05) is 57.2 Å². The fraction of sp³-hybridized carbons (Fsp3) is 0.553. The molecule has 12 heteroatoms. The van der Waals surface area contributed by atoms with Crippen molar-refractivity contribution in [1.82, 2.24) is 20.4 Å². The molecule has 12 nitrogen and oxygen atoms in total. The van der Waals surface area contributed by atoms with Gasteiger partial charge in [0.2, 0.25) is 17.7 Å². The molecule has 0 aromatic heterocycles. The summed E-state index contributed by atoms with van der Waals surface area (Å²) in [6.07, 6.45) is 1.71. The number of nitrogens with one attached hydrogen (secondary N) is 2. The first kappa shape index (κ1) is 38.4. The van der Waals surface area contributed by atoms with Crippen molar-refractivity contribution in [1.29, 1.82) is 0 Å². The minimum absolute atomic E-state index is 0.112. The number of hydrogen-bond acceptors (Lipinski definition) is 7. The van der Waals surface area contributed by atoms with Crippen LogP contribution >= 0.6 is 0 Å². The van der Waals surface area contributed by atoms with Crippen LogP contribution < -0.4 is 10.6 Å². The Balaban J connectivity index is 1.55. The van der Waals surface area contributed by atoms with Crippen LogP contribution in [0.15, 0.2) is 48.5 Å². The molecule has 1 aliphatic carbocycles. The molecule has 0 radical (unpaired) electrons. The summed E-state index contributed by atoms with van der Waals surface area (Å²) in [6, 6.07) is 11.4. The van der Waals surface area contributed by atoms with Gasteiger partial charge >= 0.3 is 12.1 Å². The van der Waals surface area contributed by atoms with E-state index in [2.05, 4.69) is 16.7 Å². The number of benzene rings is 2. The van der Waals surface area contributed by atoms with Gasteiger partial charge < -0.3 is 30.1 Å². The summed E-state index contributed by atoms with van der Waals surface area (Å²) in [4.78, 5) is 68.8. The zero-order chi connectivity index (χ0) is 37.0. The van der Waals surface area contributed by atoms with Crippen LogP contribution in [0.2, 0.25) is 0 Å². The lowest BCUT2D eigenvalue weighted by molar-refractivity contribution is -0.144. The molecule has 5 atom stereocenters. The van der Waals surface area contributed by atoms with Crippen molar-refractivity contribution in [2.45, 2.75) is 117 Å². The van der Waals surface area contributed by atoms with Crippen molar-refractivity contribution in [3.63, 3.8) is 0 Å². The molecule has 5 unspecified atom stereocenters. The number of aromatic carboxylic acids is 1. The Morgan fingerprint density at radius 1 is 1.00 bits per heavy atom. The lowest BCUT2D eigenvalue weighted by Crippen LogP contribution is -2.60. The quantitative estimate of drug-likeness (QED) is 0.319. The van der Waals surface area contributed by atoms with E-state index >= 15 is 0 Å². The minimum atomic E-state index is -1.03. The van der Waals surface area contributed by atoms with Gasteiger partial charge in [0.05, 0.1) is 24.3 Å². The normalized spacial score (nSPS) is 20.2. The van der Waals surface area contributed by atoms with E-state index < -0.39 is 59.1 Å². The number of fused-ring (bicyclic) bond motifs is 1. The van der Waals surface area contributed by atoms with E-state index in [0.29, 0.717) is 0 Å². The van der Waals surface area contributed by atoms with Crippen LogP contribution in [-0.2, 0) is 36.9 Å². The van der Waals surface area contributed by atoms with E-state index in [9.17, 15) is 29.1 Å². The number of carboxylic acid groups (broad SMARTS) is 1. The zero-order valence-electron chi connectivity index (χ0n) is 30.4. The summed E-state index contributed by atoms with van der Waals surface area (Å²) < 4.78 is 11.6. The highest BCUT2D eigenvalue weighted by Gasteiger charge is 2.46. The molecule has 0 bridgehead atoms. The van der Waals surface area contributed by atoms with Crippen LogP contribution in [-0.4, -0.2) is 88.1 Å². The van der Waals surface area contributed by atoms with E-state index in [1.165, 1.54) is 34.5 Å². The molecule has 2 aliphatic rings. The Kier molecular flexibility index (Phi) is 12.0. The van der Waals surface area contributed by atoms with Gasteiger partial charge in [0.25, 0.3) is 0 Å². The van der Waals surface area contributed by atoms with E-state index in [1.54, 1.807) is 39.8 Å². The van der Waals surface area contributed by atoms with E-state index in [1.807, 2.05) is 39.0 Å². The fourth-order valence-corrected chi connectivity index (χ4v) is 6.28. The highest BCUT2D eigenvalue weighted by molar-refractivity contribution is 5.94. The molecule has 4 rings (SSSR count). The summed E-state index contributed by atoms with van der Waals surface area (Å²) in [7, 11) is 1.47. The van der Waals surface area contributed by atoms with Crippen molar-refractivity contribution in [2.24, 2.45) is 5.41 Å². The molecular formula is C38H52N4O8. The summed E-state index contributed by atoms with van der Waals surface area (Å²) >= 11 is 0. The number of ether oxygens (including phenoxy) is 2. The number of rotatable bonds is 10. The van der Waals surface area contributed by atoms with Crippen LogP contribution in [0.5, 0.6) is 0 Å². The molecule has 1 heterocycles. The molecular weight excluding hydrogens is 640 g/mol. The van der Waals surface area contributed by atoms with E-state index in [0.717, 1.165) is 30.4 Å². The number of likely N-dealkylation sites (N-methyl/N-ethyl adjacent to an activating group) is 1. The highest BCUT2D eigenvalue weighted by Crippen LogP contribution is 2.32. The van der Waals surface area contributed by atoms with Crippen LogP contribution in [0.25, 0.3) is 0 Å². The van der Waals surface area contributed by atoms with Crippen molar-refractivity contribution in [3.8, 4) is 0 Å². The highest BCUT2D eigenvalue weighted by atomic mass is 16.6. The predicted molar refractivity (Wildman–Crippen MR) is 187 cm³/mol. The molecule has 2 aromatic carbocycles. The maximum atomic E-state index is 14.5. The minimum Gasteiger partial charge on any atom is -0.478 e. The zero-order valence-corrected chi connectivity index (χ0v) is 30.4. The Labute approximate surface area is 294 Å². The van der Waals surface area contributed by atoms with Gasteiger partial charge in [0, 0.05) is 20.0 Å². The van der Waals surface area contributed by atoms with Crippen molar-refractivity contribution in [2.75, 3.05) is 13.6 Å². The molecule has 1 fully saturated rings. The standard InChI is InChI=1S/C38H52N4O8/c1-23(41(8)36(48)50-38(5,6)7)32(43)40-31(37(2,3)4)34(45)42-21-27(49-22-24-16-18-26(19-17-24)35(46)47)20-30(42)33(44)39-29-15-11-13-25-12-9-10-14-28(25)29/h9-10,12,14,16-19,23,27,29-31H,11,13,15,20-22H2,1-8H3,(H,39,44)(H,40,43)(H,46,47). The maximum Gasteiger partial charge on any atom is 0.410 e. The van der Waals surface area contributed by atoms with E-state index in [-0.39, 0.29) is 37.1 Å². The molecule has 2 aromatic rings. The topological polar surface area (TPSA) is 155 Å².